The number of hydrogen-bond acceptors (Lipinski definition) is 2. The Bertz CT molecular complexity index is 114. The van der Waals surface area contributed by atoms with Gasteiger partial charge < -0.3 is 5.11 Å². The van der Waals surface area contributed by atoms with E-state index in [0.717, 1.165) is 0 Å². The molecule has 0 aromatic rings. The van der Waals surface area contributed by atoms with Crippen molar-refractivity contribution in [2.24, 2.45) is 0 Å². The Kier molecular flexibility index (Phi) is 3.17. The molecule has 0 amide bonds. The van der Waals surface area contributed by atoms with Crippen molar-refractivity contribution in [2.75, 3.05) is 0 Å². The maximum atomic E-state index is 9.77. The lowest BCUT2D eigenvalue weighted by Gasteiger charge is -2.14. The van der Waals surface area contributed by atoms with Crippen molar-refractivity contribution in [3.8, 4) is 0 Å². The first-order valence-corrected chi connectivity index (χ1v) is 2.98. The van der Waals surface area contributed by atoms with Gasteiger partial charge in [0.05, 0.1) is 5.60 Å². The van der Waals surface area contributed by atoms with Crippen molar-refractivity contribution in [2.45, 2.75) is 25.9 Å². The van der Waals surface area contributed by atoms with Gasteiger partial charge in [-0.05, 0) is 19.4 Å². The van der Waals surface area contributed by atoms with Crippen molar-refractivity contribution < 1.29 is 9.90 Å². The SMILES string of the molecule is CCC(C)(O)C=CC=O. The fraction of sp³-hybridized carbons (Fsp3) is 0.571. The van der Waals surface area contributed by atoms with Crippen molar-refractivity contribution in [1.82, 2.24) is 0 Å². The molecule has 0 saturated heterocycles. The van der Waals surface area contributed by atoms with Crippen LogP contribution in [0.5, 0.6) is 0 Å². The predicted molar refractivity (Wildman–Crippen MR) is 36.1 cm³/mol. The fourth-order valence-corrected chi connectivity index (χ4v) is 0.364. The molecule has 2 nitrogen and oxygen atoms in total. The van der Waals surface area contributed by atoms with Crippen LogP contribution >= 0.6 is 0 Å². The summed E-state index contributed by atoms with van der Waals surface area (Å²) in [4.78, 5) is 9.77. The molecule has 1 atom stereocenters. The van der Waals surface area contributed by atoms with Crippen molar-refractivity contribution >= 4 is 6.29 Å². The molecule has 1 N–H and O–H groups in total. The third kappa shape index (κ3) is 3.91. The van der Waals surface area contributed by atoms with Crippen molar-refractivity contribution in [3.05, 3.63) is 12.2 Å². The van der Waals surface area contributed by atoms with Crippen molar-refractivity contribution in [3.63, 3.8) is 0 Å². The van der Waals surface area contributed by atoms with Crippen molar-refractivity contribution in [1.29, 1.82) is 0 Å². The van der Waals surface area contributed by atoms with Crippen LogP contribution < -0.4 is 0 Å². The smallest absolute Gasteiger partial charge is 0.142 e. The molecule has 0 aliphatic rings. The first-order valence-electron chi connectivity index (χ1n) is 2.98. The largest absolute Gasteiger partial charge is 0.386 e. The van der Waals surface area contributed by atoms with Crippen LogP contribution in [0, 0.1) is 0 Å². The monoisotopic (exact) mass is 128 g/mol. The molecule has 9 heavy (non-hydrogen) atoms. The second kappa shape index (κ2) is 3.41. The Morgan fingerprint density at radius 2 is 2.22 bits per heavy atom. The maximum absolute atomic E-state index is 9.77. The lowest BCUT2D eigenvalue weighted by Crippen LogP contribution is -2.18. The van der Waals surface area contributed by atoms with Crippen LogP contribution in [0.15, 0.2) is 12.2 Å². The molecule has 0 radical (unpaired) electrons. The Balaban J connectivity index is 3.84. The minimum Gasteiger partial charge on any atom is -0.386 e. The molecule has 0 saturated carbocycles. The topological polar surface area (TPSA) is 37.3 Å². The Morgan fingerprint density at radius 3 is 2.56 bits per heavy atom. The molecule has 0 aliphatic heterocycles. The molecule has 2 heteroatoms. The Labute approximate surface area is 55.2 Å². The van der Waals surface area contributed by atoms with E-state index in [1.165, 1.54) is 12.2 Å². The summed E-state index contributed by atoms with van der Waals surface area (Å²) in [6, 6.07) is 0. The van der Waals surface area contributed by atoms with Gasteiger partial charge in [0.15, 0.2) is 0 Å². The van der Waals surface area contributed by atoms with E-state index in [1.807, 2.05) is 6.92 Å². The molecule has 0 bridgehead atoms. The number of hydrogen-bond donors (Lipinski definition) is 1. The van der Waals surface area contributed by atoms with Gasteiger partial charge in [-0.15, -0.1) is 0 Å². The van der Waals surface area contributed by atoms with E-state index >= 15 is 0 Å². The summed E-state index contributed by atoms with van der Waals surface area (Å²) in [6.07, 6.45) is 4.07. The first kappa shape index (κ1) is 8.37. The average molecular weight is 128 g/mol. The molecule has 0 aliphatic carbocycles. The normalized spacial score (nSPS) is 17.7. The van der Waals surface area contributed by atoms with Gasteiger partial charge in [-0.3, -0.25) is 4.79 Å². The minimum absolute atomic E-state index is 0.622. The summed E-state index contributed by atoms with van der Waals surface area (Å²) in [5.41, 5.74) is -0.819. The molecule has 0 rings (SSSR count). The number of aliphatic hydroxyl groups is 1. The number of carbonyl (C=O) groups is 1. The van der Waals surface area contributed by atoms with E-state index in [2.05, 4.69) is 0 Å². The first-order chi connectivity index (χ1) is 4.12. The van der Waals surface area contributed by atoms with E-state index in [0.29, 0.717) is 12.7 Å². The molecular weight excluding hydrogens is 116 g/mol. The quantitative estimate of drug-likeness (QED) is 0.453. The number of rotatable bonds is 3. The summed E-state index contributed by atoms with van der Waals surface area (Å²) in [5.74, 6) is 0. The molecule has 52 valence electrons. The standard InChI is InChI=1S/C7H12O2/c1-3-7(2,9)5-4-6-8/h4-6,9H,3H2,1-2H3. The summed E-state index contributed by atoms with van der Waals surface area (Å²) in [6.45, 7) is 3.52. The van der Waals surface area contributed by atoms with E-state index < -0.39 is 5.60 Å². The highest BCUT2D eigenvalue weighted by Gasteiger charge is 2.10. The van der Waals surface area contributed by atoms with Crippen LogP contribution in [-0.2, 0) is 4.79 Å². The highest BCUT2D eigenvalue weighted by Crippen LogP contribution is 2.08. The Hall–Kier alpha value is -0.630. The van der Waals surface area contributed by atoms with Crippen LogP contribution in [-0.4, -0.2) is 17.0 Å². The fourth-order valence-electron chi connectivity index (χ4n) is 0.364. The van der Waals surface area contributed by atoms with Gasteiger partial charge in [0, 0.05) is 0 Å². The zero-order valence-electron chi connectivity index (χ0n) is 5.79. The molecule has 0 aromatic carbocycles. The van der Waals surface area contributed by atoms with Crippen LogP contribution in [0.4, 0.5) is 0 Å². The van der Waals surface area contributed by atoms with Gasteiger partial charge >= 0.3 is 0 Å². The maximum Gasteiger partial charge on any atom is 0.142 e. The molecule has 0 aromatic heterocycles. The van der Waals surface area contributed by atoms with Gasteiger partial charge in [0.1, 0.15) is 6.29 Å². The molecule has 1 unspecified atom stereocenters. The van der Waals surface area contributed by atoms with E-state index in [1.54, 1.807) is 6.92 Å². The van der Waals surface area contributed by atoms with Crippen LogP contribution in [0.3, 0.4) is 0 Å². The van der Waals surface area contributed by atoms with Crippen LogP contribution in [0.2, 0.25) is 0 Å². The summed E-state index contributed by atoms with van der Waals surface area (Å²) in [7, 11) is 0. The molecule has 0 spiro atoms. The second-order valence-corrected chi connectivity index (χ2v) is 2.21. The molecule has 0 heterocycles. The lowest BCUT2D eigenvalue weighted by atomic mass is 10.0. The third-order valence-corrected chi connectivity index (χ3v) is 1.25. The molecular formula is C7H12O2. The van der Waals surface area contributed by atoms with Gasteiger partial charge in [-0.25, -0.2) is 0 Å². The zero-order chi connectivity index (χ0) is 7.33. The number of carbonyl (C=O) groups excluding carboxylic acids is 1. The highest BCUT2D eigenvalue weighted by molar-refractivity contribution is 5.64. The summed E-state index contributed by atoms with van der Waals surface area (Å²) < 4.78 is 0. The van der Waals surface area contributed by atoms with Gasteiger partial charge in [-0.1, -0.05) is 13.0 Å². The van der Waals surface area contributed by atoms with Gasteiger partial charge in [0.2, 0.25) is 0 Å². The molecule has 0 fully saturated rings. The number of allylic oxidation sites excluding steroid dienone is 1. The zero-order valence-corrected chi connectivity index (χ0v) is 5.79. The second-order valence-electron chi connectivity index (χ2n) is 2.21. The van der Waals surface area contributed by atoms with E-state index in [4.69, 9.17) is 0 Å². The Morgan fingerprint density at radius 1 is 1.67 bits per heavy atom. The van der Waals surface area contributed by atoms with Crippen LogP contribution in [0.25, 0.3) is 0 Å². The summed E-state index contributed by atoms with van der Waals surface area (Å²) >= 11 is 0. The third-order valence-electron chi connectivity index (χ3n) is 1.25. The highest BCUT2D eigenvalue weighted by atomic mass is 16.3. The van der Waals surface area contributed by atoms with E-state index in [-0.39, 0.29) is 0 Å². The van der Waals surface area contributed by atoms with Gasteiger partial charge in [-0.2, -0.15) is 0 Å². The average Bonchev–Trinajstić information content (AvgIpc) is 1.84. The van der Waals surface area contributed by atoms with Gasteiger partial charge in [0.25, 0.3) is 0 Å². The van der Waals surface area contributed by atoms with Crippen LogP contribution in [0.1, 0.15) is 20.3 Å². The minimum atomic E-state index is -0.819. The predicted octanol–water partition coefficient (Wildman–Crippen LogP) is 0.902. The lowest BCUT2D eigenvalue weighted by molar-refractivity contribution is -0.104. The number of aldehydes is 1. The summed E-state index contributed by atoms with van der Waals surface area (Å²) in [5, 5.41) is 9.21. The van der Waals surface area contributed by atoms with E-state index in [9.17, 15) is 9.90 Å².